The highest BCUT2D eigenvalue weighted by molar-refractivity contribution is 6.12. The zero-order chi connectivity index (χ0) is 37.2. The van der Waals surface area contributed by atoms with Crippen molar-refractivity contribution in [1.29, 1.82) is 0 Å². The molecule has 0 bridgehead atoms. The maximum Gasteiger partial charge on any atom is 0.195 e. The van der Waals surface area contributed by atoms with Gasteiger partial charge in [0.1, 0.15) is 11.4 Å². The number of hydrogen-bond acceptors (Lipinski definition) is 7. The van der Waals surface area contributed by atoms with E-state index in [1.54, 1.807) is 27.0 Å². The lowest BCUT2D eigenvalue weighted by atomic mass is 9.95. The summed E-state index contributed by atoms with van der Waals surface area (Å²) in [6, 6.07) is 13.8. The lowest BCUT2D eigenvalue weighted by Crippen LogP contribution is -2.29. The standard InChI is InChI=1S/C32H38FN3O2.C7H14.C3H5NO/c1-7-26(22(4)35-15-14-25-13-10-16-36(25)6)31(37)27-19-28(33)30(34-5)32(21(27)3)38-29-18-24-12-9-8-11-23(24)17-20(29)2;1-4-6-7(3)5-2;1-2-3-4-5/h7-9,11-12,17-19,25,34-35H,4,10,13-16H2,1-3,5-6H3;6H,4-5H2,1-3H3;2H,1,3H2/b26-7-;7-6+;. The molecule has 1 atom stereocenters. The molecule has 1 aliphatic heterocycles. The number of benzene rings is 3. The number of nitrogens with one attached hydrogen (secondary N) is 2. The Labute approximate surface area is 299 Å². The highest BCUT2D eigenvalue weighted by Gasteiger charge is 2.25. The molecule has 4 rings (SSSR count). The molecule has 1 aliphatic rings. The summed E-state index contributed by atoms with van der Waals surface area (Å²) in [6.07, 6.45) is 11.2. The van der Waals surface area contributed by atoms with E-state index >= 15 is 4.39 Å². The van der Waals surface area contributed by atoms with Crippen LogP contribution in [0.15, 0.2) is 95.9 Å². The van der Waals surface area contributed by atoms with Gasteiger partial charge in [0.25, 0.3) is 0 Å². The molecule has 2 N–H and O–H groups in total. The summed E-state index contributed by atoms with van der Waals surface area (Å²) < 4.78 is 21.7. The number of fused-ring (bicyclic) bond motifs is 1. The average Bonchev–Trinajstić information content (AvgIpc) is 3.51. The van der Waals surface area contributed by atoms with Crippen LogP contribution < -0.4 is 15.4 Å². The third-order valence-electron chi connectivity index (χ3n) is 8.89. The topological polar surface area (TPSA) is 83.0 Å². The van der Waals surface area contributed by atoms with Gasteiger partial charge in [-0.25, -0.2) is 4.39 Å². The number of ether oxygens (including phenoxy) is 1. The van der Waals surface area contributed by atoms with Gasteiger partial charge >= 0.3 is 0 Å². The summed E-state index contributed by atoms with van der Waals surface area (Å²) in [7, 11) is 3.79. The Bertz CT molecular complexity index is 1670. The van der Waals surface area contributed by atoms with Crippen LogP contribution in [-0.4, -0.2) is 50.5 Å². The van der Waals surface area contributed by atoms with Crippen molar-refractivity contribution in [1.82, 2.24) is 10.2 Å². The maximum atomic E-state index is 15.3. The quantitative estimate of drug-likeness (QED) is 0.0578. The molecule has 1 heterocycles. The van der Waals surface area contributed by atoms with Crippen LogP contribution in [0.2, 0.25) is 0 Å². The fourth-order valence-electron chi connectivity index (χ4n) is 5.84. The first-order chi connectivity index (χ1) is 24.0. The van der Waals surface area contributed by atoms with Crippen LogP contribution in [0.3, 0.4) is 0 Å². The van der Waals surface area contributed by atoms with Gasteiger partial charge < -0.3 is 20.3 Å². The Morgan fingerprint density at radius 3 is 2.34 bits per heavy atom. The van der Waals surface area contributed by atoms with Crippen LogP contribution in [0.25, 0.3) is 10.8 Å². The molecule has 0 saturated carbocycles. The molecule has 0 aromatic heterocycles. The van der Waals surface area contributed by atoms with Crippen molar-refractivity contribution in [3.8, 4) is 11.5 Å². The Morgan fingerprint density at radius 2 is 1.84 bits per heavy atom. The van der Waals surface area contributed by atoms with E-state index in [1.165, 1.54) is 43.4 Å². The maximum absolute atomic E-state index is 15.3. The van der Waals surface area contributed by atoms with Gasteiger partial charge in [-0.1, -0.05) is 73.7 Å². The fraction of sp³-hybridized carbons (Fsp3) is 0.405. The van der Waals surface area contributed by atoms with E-state index in [4.69, 9.17) is 9.64 Å². The normalized spacial score (nSPS) is 14.5. The summed E-state index contributed by atoms with van der Waals surface area (Å²) in [5.74, 6) is 0.0735. The highest BCUT2D eigenvalue weighted by atomic mass is 19.1. The largest absolute Gasteiger partial charge is 0.454 e. The third kappa shape index (κ3) is 11.8. The summed E-state index contributed by atoms with van der Waals surface area (Å²) in [5, 5.41) is 10.8. The lowest BCUT2D eigenvalue weighted by molar-refractivity contribution is 0.103. The number of aryl methyl sites for hydroxylation is 1. The average molecular weight is 685 g/mol. The van der Waals surface area contributed by atoms with Crippen molar-refractivity contribution in [3.05, 3.63) is 118 Å². The lowest BCUT2D eigenvalue weighted by Gasteiger charge is -2.21. The SMILES string of the molecule is C=C(NCCC1CCCN1C)/C(=C/C)C(=O)c1cc(F)c(NC)c(Oc2cc3ccccc3cc2C)c1C.C=CCN=O.CC/C=C(\C)CC. The first-order valence-electron chi connectivity index (χ1n) is 17.6. The number of carbonyl (C=O) groups is 1. The zero-order valence-electron chi connectivity index (χ0n) is 31.4. The molecule has 8 heteroatoms. The van der Waals surface area contributed by atoms with Crippen molar-refractivity contribution >= 4 is 22.2 Å². The number of halogens is 1. The third-order valence-corrected chi connectivity index (χ3v) is 8.89. The molecule has 0 spiro atoms. The van der Waals surface area contributed by atoms with Gasteiger partial charge in [0.15, 0.2) is 17.3 Å². The number of hydrogen-bond donors (Lipinski definition) is 2. The highest BCUT2D eigenvalue weighted by Crippen LogP contribution is 2.40. The second-order valence-electron chi connectivity index (χ2n) is 12.5. The van der Waals surface area contributed by atoms with E-state index in [-0.39, 0.29) is 23.6 Å². The summed E-state index contributed by atoms with van der Waals surface area (Å²) >= 11 is 0. The predicted octanol–water partition coefficient (Wildman–Crippen LogP) is 10.8. The summed E-state index contributed by atoms with van der Waals surface area (Å²) in [4.78, 5) is 25.1. The molecular formula is C42H57FN4O3. The molecule has 270 valence electrons. The number of nitrogens with zero attached hydrogens (tertiary/aromatic N) is 2. The Kier molecular flexibility index (Phi) is 17.9. The molecule has 3 aromatic rings. The van der Waals surface area contributed by atoms with Crippen molar-refractivity contribution in [3.63, 3.8) is 0 Å². The molecular weight excluding hydrogens is 627 g/mol. The van der Waals surface area contributed by atoms with Gasteiger partial charge in [-0.3, -0.25) is 4.79 Å². The number of rotatable bonds is 14. The van der Waals surface area contributed by atoms with E-state index in [9.17, 15) is 4.79 Å². The van der Waals surface area contributed by atoms with Gasteiger partial charge in [-0.15, -0.1) is 6.58 Å². The molecule has 0 amide bonds. The van der Waals surface area contributed by atoms with Gasteiger partial charge in [0, 0.05) is 42.0 Å². The summed E-state index contributed by atoms with van der Waals surface area (Å²) in [6.45, 7) is 21.5. The minimum Gasteiger partial charge on any atom is -0.454 e. The Morgan fingerprint density at radius 1 is 1.16 bits per heavy atom. The van der Waals surface area contributed by atoms with Gasteiger partial charge in [-0.05, 0) is 108 Å². The molecule has 0 radical (unpaired) electrons. The van der Waals surface area contributed by atoms with Crippen LogP contribution in [0.1, 0.15) is 81.3 Å². The number of Topliss-reactive ketones (excluding diaryl/α,β-unsaturated/α-hetero) is 1. The number of ketones is 1. The van der Waals surface area contributed by atoms with Crippen molar-refractivity contribution in [2.75, 3.05) is 39.0 Å². The zero-order valence-corrected chi connectivity index (χ0v) is 31.4. The van der Waals surface area contributed by atoms with E-state index < -0.39 is 5.82 Å². The molecule has 1 fully saturated rings. The van der Waals surface area contributed by atoms with E-state index in [0.29, 0.717) is 34.4 Å². The molecule has 0 aliphatic carbocycles. The van der Waals surface area contributed by atoms with E-state index in [1.807, 2.05) is 43.3 Å². The van der Waals surface area contributed by atoms with E-state index in [0.717, 1.165) is 35.8 Å². The van der Waals surface area contributed by atoms with Crippen LogP contribution in [0.5, 0.6) is 11.5 Å². The smallest absolute Gasteiger partial charge is 0.195 e. The van der Waals surface area contributed by atoms with Crippen molar-refractivity contribution in [2.45, 2.75) is 79.7 Å². The van der Waals surface area contributed by atoms with Gasteiger partial charge in [0.05, 0.1) is 6.54 Å². The number of allylic oxidation sites excluding steroid dienone is 4. The minimum absolute atomic E-state index is 0.214. The Balaban J connectivity index is 0.000000620. The molecule has 1 saturated heterocycles. The number of likely N-dealkylation sites (tertiary alicyclic amines) is 1. The molecule has 1 unspecified atom stereocenters. The molecule has 50 heavy (non-hydrogen) atoms. The second kappa shape index (κ2) is 21.5. The monoisotopic (exact) mass is 684 g/mol. The first kappa shape index (κ1) is 41.6. The number of nitroso groups, excluding NO2 is 1. The van der Waals surface area contributed by atoms with Gasteiger partial charge in [0.2, 0.25) is 0 Å². The Hall–Kier alpha value is -4.56. The number of carbonyl (C=O) groups excluding carboxylic acids is 1. The predicted molar refractivity (Wildman–Crippen MR) is 210 cm³/mol. The second-order valence-corrected chi connectivity index (χ2v) is 12.5. The van der Waals surface area contributed by atoms with Crippen LogP contribution in [0.4, 0.5) is 10.1 Å². The number of anilines is 1. The fourth-order valence-corrected chi connectivity index (χ4v) is 5.84. The van der Waals surface area contributed by atoms with Crippen LogP contribution in [-0.2, 0) is 0 Å². The van der Waals surface area contributed by atoms with Crippen molar-refractivity contribution in [2.24, 2.45) is 5.18 Å². The summed E-state index contributed by atoms with van der Waals surface area (Å²) in [5.41, 5.74) is 4.42. The van der Waals surface area contributed by atoms with Gasteiger partial charge in [-0.2, -0.15) is 4.91 Å². The van der Waals surface area contributed by atoms with Crippen LogP contribution in [0, 0.1) is 24.6 Å². The van der Waals surface area contributed by atoms with Crippen molar-refractivity contribution < 1.29 is 13.9 Å². The first-order valence-corrected chi connectivity index (χ1v) is 17.6. The minimum atomic E-state index is -0.548. The van der Waals surface area contributed by atoms with Crippen LogP contribution >= 0.6 is 0 Å². The van der Waals surface area contributed by atoms with E-state index in [2.05, 4.69) is 67.8 Å². The molecule has 7 nitrogen and oxygen atoms in total. The molecule has 3 aromatic carbocycles.